The second-order valence-electron chi connectivity index (χ2n) is 6.23. The van der Waals surface area contributed by atoms with Gasteiger partial charge < -0.3 is 0 Å². The Morgan fingerprint density at radius 2 is 1.95 bits per heavy atom. The van der Waals surface area contributed by atoms with Crippen molar-refractivity contribution in [2.75, 3.05) is 0 Å². The van der Waals surface area contributed by atoms with Crippen LogP contribution in [0.25, 0.3) is 0 Å². The highest BCUT2D eigenvalue weighted by Crippen LogP contribution is 2.23. The highest BCUT2D eigenvalue weighted by atomic mass is 14.1. The summed E-state index contributed by atoms with van der Waals surface area (Å²) in [7, 11) is 0. The first-order valence-corrected chi connectivity index (χ1v) is 8.34. The van der Waals surface area contributed by atoms with Crippen LogP contribution in [-0.2, 0) is 0 Å². The minimum absolute atomic E-state index is 0.619. The molecular formula is C20H34. The Morgan fingerprint density at radius 3 is 2.50 bits per heavy atom. The molecule has 0 nitrogen and oxygen atoms in total. The number of hydrogen-bond acceptors (Lipinski definition) is 0. The third kappa shape index (κ3) is 9.03. The van der Waals surface area contributed by atoms with Crippen LogP contribution in [0.4, 0.5) is 0 Å². The van der Waals surface area contributed by atoms with Crippen molar-refractivity contribution in [1.82, 2.24) is 0 Å². The normalized spacial score (nSPS) is 14.7. The maximum atomic E-state index is 5.52. The Hall–Kier alpha value is -0.960. The van der Waals surface area contributed by atoms with E-state index in [0.717, 1.165) is 25.2 Å². The number of unbranched alkanes of at least 4 members (excludes halogenated alkanes) is 2. The van der Waals surface area contributed by atoms with Crippen LogP contribution in [0.2, 0.25) is 0 Å². The molecule has 0 spiro atoms. The first kappa shape index (κ1) is 19.0. The van der Waals surface area contributed by atoms with Crippen molar-refractivity contribution in [3.63, 3.8) is 0 Å². The summed E-state index contributed by atoms with van der Waals surface area (Å²) in [5.74, 6) is 4.18. The van der Waals surface area contributed by atoms with Crippen LogP contribution in [0.15, 0.2) is 23.8 Å². The summed E-state index contributed by atoms with van der Waals surface area (Å²) in [5, 5.41) is 0. The lowest BCUT2D eigenvalue weighted by Crippen LogP contribution is -2.00. The van der Waals surface area contributed by atoms with E-state index in [4.69, 9.17) is 6.42 Å². The molecule has 20 heavy (non-hydrogen) atoms. The zero-order chi connectivity index (χ0) is 15.4. The van der Waals surface area contributed by atoms with Crippen molar-refractivity contribution in [1.29, 1.82) is 0 Å². The molecule has 0 aliphatic rings. The SMILES string of the molecule is C#CCC(=CCC(=C)CC(C)CC)C(C)CCCCC. The molecule has 0 bridgehead atoms. The van der Waals surface area contributed by atoms with E-state index in [-0.39, 0.29) is 0 Å². The fraction of sp³-hybridized carbons (Fsp3) is 0.700. The van der Waals surface area contributed by atoms with Crippen molar-refractivity contribution in [3.8, 4) is 12.3 Å². The molecule has 0 fully saturated rings. The lowest BCUT2D eigenvalue weighted by atomic mass is 9.90. The second-order valence-corrected chi connectivity index (χ2v) is 6.23. The van der Waals surface area contributed by atoms with E-state index in [1.807, 2.05) is 0 Å². The monoisotopic (exact) mass is 274 g/mol. The standard InChI is InChI=1S/C20H34/c1-7-10-11-13-19(6)20(12-8-2)15-14-18(5)16-17(4)9-3/h2,15,17,19H,5,7,9-14,16H2,1,3-4,6H3. The van der Waals surface area contributed by atoms with E-state index >= 15 is 0 Å². The minimum Gasteiger partial charge on any atom is -0.120 e. The summed E-state index contributed by atoms with van der Waals surface area (Å²) in [6, 6.07) is 0. The summed E-state index contributed by atoms with van der Waals surface area (Å²) in [6.07, 6.45) is 17.2. The summed E-state index contributed by atoms with van der Waals surface area (Å²) in [5.41, 5.74) is 2.78. The molecule has 0 aromatic heterocycles. The van der Waals surface area contributed by atoms with Gasteiger partial charge in [-0.3, -0.25) is 0 Å². The fourth-order valence-electron chi connectivity index (χ4n) is 2.45. The Morgan fingerprint density at radius 1 is 1.25 bits per heavy atom. The summed E-state index contributed by atoms with van der Waals surface area (Å²) >= 11 is 0. The van der Waals surface area contributed by atoms with Gasteiger partial charge in [0.2, 0.25) is 0 Å². The Balaban J connectivity index is 4.38. The highest BCUT2D eigenvalue weighted by Gasteiger charge is 2.08. The molecule has 0 radical (unpaired) electrons. The molecule has 2 unspecified atom stereocenters. The Bertz CT molecular complexity index is 326. The van der Waals surface area contributed by atoms with Crippen LogP contribution in [0.1, 0.15) is 79.1 Å². The molecule has 0 heterocycles. The van der Waals surface area contributed by atoms with Gasteiger partial charge in [0.05, 0.1) is 0 Å². The maximum absolute atomic E-state index is 5.52. The van der Waals surface area contributed by atoms with Crippen molar-refractivity contribution in [3.05, 3.63) is 23.8 Å². The summed E-state index contributed by atoms with van der Waals surface area (Å²) in [6.45, 7) is 13.3. The van der Waals surface area contributed by atoms with Crippen LogP contribution in [0.5, 0.6) is 0 Å². The minimum atomic E-state index is 0.619. The topological polar surface area (TPSA) is 0 Å². The van der Waals surface area contributed by atoms with E-state index in [1.54, 1.807) is 0 Å². The van der Waals surface area contributed by atoms with Crippen LogP contribution in [0, 0.1) is 24.2 Å². The molecule has 0 amide bonds. The molecule has 0 N–H and O–H groups in total. The fourth-order valence-corrected chi connectivity index (χ4v) is 2.45. The van der Waals surface area contributed by atoms with E-state index in [9.17, 15) is 0 Å². The maximum Gasteiger partial charge on any atom is 0.0299 e. The van der Waals surface area contributed by atoms with Crippen LogP contribution in [-0.4, -0.2) is 0 Å². The molecule has 0 aliphatic carbocycles. The van der Waals surface area contributed by atoms with Crippen molar-refractivity contribution in [2.24, 2.45) is 11.8 Å². The first-order valence-electron chi connectivity index (χ1n) is 8.34. The average Bonchev–Trinajstić information content (AvgIpc) is 2.43. The van der Waals surface area contributed by atoms with Gasteiger partial charge in [-0.2, -0.15) is 0 Å². The molecule has 0 aromatic rings. The van der Waals surface area contributed by atoms with Gasteiger partial charge in [0, 0.05) is 6.42 Å². The molecule has 0 saturated carbocycles. The van der Waals surface area contributed by atoms with Gasteiger partial charge in [-0.1, -0.05) is 77.2 Å². The number of allylic oxidation sites excluding steroid dienone is 3. The van der Waals surface area contributed by atoms with Crippen LogP contribution in [0.3, 0.4) is 0 Å². The Labute approximate surface area is 127 Å². The Kier molecular flexibility index (Phi) is 11.3. The molecule has 0 rings (SSSR count). The average molecular weight is 274 g/mol. The molecular weight excluding hydrogens is 240 g/mol. The van der Waals surface area contributed by atoms with Crippen molar-refractivity contribution >= 4 is 0 Å². The van der Waals surface area contributed by atoms with E-state index < -0.39 is 0 Å². The van der Waals surface area contributed by atoms with E-state index in [1.165, 1.54) is 43.3 Å². The zero-order valence-electron chi connectivity index (χ0n) is 14.2. The second kappa shape index (κ2) is 11.8. The van der Waals surface area contributed by atoms with E-state index in [2.05, 4.69) is 46.3 Å². The number of terminal acetylenes is 1. The van der Waals surface area contributed by atoms with Gasteiger partial charge in [-0.15, -0.1) is 12.3 Å². The molecule has 114 valence electrons. The third-order valence-corrected chi connectivity index (χ3v) is 4.17. The first-order chi connectivity index (χ1) is 9.54. The quantitative estimate of drug-likeness (QED) is 0.228. The third-order valence-electron chi connectivity index (χ3n) is 4.17. The van der Waals surface area contributed by atoms with Crippen molar-refractivity contribution < 1.29 is 0 Å². The smallest absolute Gasteiger partial charge is 0.0299 e. The molecule has 0 aliphatic heterocycles. The van der Waals surface area contributed by atoms with Gasteiger partial charge in [-0.25, -0.2) is 0 Å². The van der Waals surface area contributed by atoms with Crippen molar-refractivity contribution in [2.45, 2.75) is 79.1 Å². The molecule has 0 aromatic carbocycles. The number of rotatable bonds is 11. The van der Waals surface area contributed by atoms with Gasteiger partial charge in [-0.05, 0) is 31.1 Å². The predicted octanol–water partition coefficient (Wildman–Crippen LogP) is 6.54. The number of hydrogen-bond donors (Lipinski definition) is 0. The van der Waals surface area contributed by atoms with E-state index in [0.29, 0.717) is 5.92 Å². The van der Waals surface area contributed by atoms with Crippen LogP contribution >= 0.6 is 0 Å². The summed E-state index contributed by atoms with van der Waals surface area (Å²) in [4.78, 5) is 0. The van der Waals surface area contributed by atoms with Gasteiger partial charge in [0.1, 0.15) is 0 Å². The van der Waals surface area contributed by atoms with Gasteiger partial charge in [0.25, 0.3) is 0 Å². The lowest BCUT2D eigenvalue weighted by molar-refractivity contribution is 0.543. The molecule has 0 heteroatoms. The zero-order valence-corrected chi connectivity index (χ0v) is 14.2. The largest absolute Gasteiger partial charge is 0.120 e. The van der Waals surface area contributed by atoms with Gasteiger partial charge in [0.15, 0.2) is 0 Å². The predicted molar refractivity (Wildman–Crippen MR) is 92.7 cm³/mol. The highest BCUT2D eigenvalue weighted by molar-refractivity contribution is 5.16. The van der Waals surface area contributed by atoms with Gasteiger partial charge >= 0.3 is 0 Å². The lowest BCUT2D eigenvalue weighted by Gasteiger charge is -2.15. The molecule has 0 saturated heterocycles. The van der Waals surface area contributed by atoms with Crippen LogP contribution < -0.4 is 0 Å². The summed E-state index contributed by atoms with van der Waals surface area (Å²) < 4.78 is 0. The molecule has 2 atom stereocenters.